The average molecular weight is 295 g/mol. The van der Waals surface area contributed by atoms with Gasteiger partial charge in [0.15, 0.2) is 0 Å². The Labute approximate surface area is 130 Å². The van der Waals surface area contributed by atoms with Crippen molar-refractivity contribution in [3.05, 3.63) is 60.2 Å². The molecule has 0 amide bonds. The largest absolute Gasteiger partial charge is 0.495 e. The highest BCUT2D eigenvalue weighted by molar-refractivity contribution is 5.88. The number of para-hydroxylation sites is 2. The molecule has 0 heterocycles. The number of methoxy groups -OCH3 is 2. The lowest BCUT2D eigenvalue weighted by Gasteiger charge is -2.17. The molecule has 4 heteroatoms. The van der Waals surface area contributed by atoms with Gasteiger partial charge in [0.2, 0.25) is 0 Å². The molecule has 22 heavy (non-hydrogen) atoms. The zero-order valence-corrected chi connectivity index (χ0v) is 12.5. The number of ether oxygens (including phenoxy) is 2. The predicted molar refractivity (Wildman–Crippen MR) is 85.6 cm³/mol. The van der Waals surface area contributed by atoms with E-state index in [0.717, 1.165) is 11.3 Å². The molecule has 0 saturated heterocycles. The molecule has 0 unspecified atom stereocenters. The van der Waals surface area contributed by atoms with Gasteiger partial charge in [0, 0.05) is 5.92 Å². The number of esters is 1. The number of carbonyl (C=O) groups excluding carboxylic acids is 1. The van der Waals surface area contributed by atoms with Gasteiger partial charge in [0.1, 0.15) is 11.8 Å². The fourth-order valence-electron chi connectivity index (χ4n) is 1.95. The molecule has 2 aromatic rings. The lowest BCUT2D eigenvalue weighted by Crippen LogP contribution is -2.10. The minimum absolute atomic E-state index is 0.350. The van der Waals surface area contributed by atoms with Crippen molar-refractivity contribution in [2.75, 3.05) is 19.5 Å². The van der Waals surface area contributed by atoms with Crippen LogP contribution in [0.15, 0.2) is 54.6 Å². The summed E-state index contributed by atoms with van der Waals surface area (Å²) < 4.78 is 9.89. The molecule has 0 aliphatic carbocycles. The summed E-state index contributed by atoms with van der Waals surface area (Å²) in [4.78, 5) is 11.3. The molecular formula is C18H17NO3. The monoisotopic (exact) mass is 295 g/mol. The summed E-state index contributed by atoms with van der Waals surface area (Å²) >= 11 is 0. The summed E-state index contributed by atoms with van der Waals surface area (Å²) in [6.45, 7) is 0. The molecule has 4 nitrogen and oxygen atoms in total. The maximum absolute atomic E-state index is 11.3. The number of carbonyl (C=O) groups is 1. The Morgan fingerprint density at radius 3 is 2.41 bits per heavy atom. The number of benzene rings is 2. The highest BCUT2D eigenvalue weighted by Crippen LogP contribution is 2.27. The van der Waals surface area contributed by atoms with Gasteiger partial charge in [-0.05, 0) is 17.7 Å². The van der Waals surface area contributed by atoms with Gasteiger partial charge in [-0.15, -0.1) is 0 Å². The summed E-state index contributed by atoms with van der Waals surface area (Å²) in [6, 6.07) is 16.9. The third kappa shape index (κ3) is 4.03. The van der Waals surface area contributed by atoms with E-state index in [1.54, 1.807) is 7.11 Å². The van der Waals surface area contributed by atoms with E-state index in [-0.39, 0.29) is 6.04 Å². The van der Waals surface area contributed by atoms with Crippen molar-refractivity contribution in [2.24, 2.45) is 0 Å². The normalized spacial score (nSPS) is 10.8. The second kappa shape index (κ2) is 7.75. The first-order valence-corrected chi connectivity index (χ1v) is 6.78. The van der Waals surface area contributed by atoms with Gasteiger partial charge in [-0.1, -0.05) is 48.4 Å². The van der Waals surface area contributed by atoms with Gasteiger partial charge in [-0.2, -0.15) is 0 Å². The van der Waals surface area contributed by atoms with Crippen LogP contribution in [0.5, 0.6) is 5.75 Å². The molecule has 0 radical (unpaired) electrons. The Balaban J connectivity index is 2.32. The van der Waals surface area contributed by atoms with E-state index < -0.39 is 5.97 Å². The molecule has 1 atom stereocenters. The molecule has 0 fully saturated rings. The van der Waals surface area contributed by atoms with Gasteiger partial charge in [-0.25, -0.2) is 4.79 Å². The lowest BCUT2D eigenvalue weighted by molar-refractivity contribution is -0.133. The summed E-state index contributed by atoms with van der Waals surface area (Å²) in [5, 5.41) is 3.29. The van der Waals surface area contributed by atoms with Crippen LogP contribution < -0.4 is 10.1 Å². The van der Waals surface area contributed by atoms with Crippen LogP contribution in [-0.4, -0.2) is 20.2 Å². The molecule has 0 aromatic heterocycles. The smallest absolute Gasteiger partial charge is 0.384 e. The first-order chi connectivity index (χ1) is 10.7. The van der Waals surface area contributed by atoms with Crippen LogP contribution in [0, 0.1) is 11.8 Å². The van der Waals surface area contributed by atoms with Crippen LogP contribution >= 0.6 is 0 Å². The molecule has 112 valence electrons. The minimum Gasteiger partial charge on any atom is -0.495 e. The third-order valence-corrected chi connectivity index (χ3v) is 3.04. The summed E-state index contributed by atoms with van der Waals surface area (Å²) in [6.07, 6.45) is 0. The van der Waals surface area contributed by atoms with Crippen molar-refractivity contribution in [3.8, 4) is 17.6 Å². The molecular weight excluding hydrogens is 278 g/mol. The second-order valence-corrected chi connectivity index (χ2v) is 4.45. The maximum atomic E-state index is 11.3. The zero-order valence-electron chi connectivity index (χ0n) is 12.5. The van der Waals surface area contributed by atoms with E-state index in [2.05, 4.69) is 21.9 Å². The second-order valence-electron chi connectivity index (χ2n) is 4.45. The first kappa shape index (κ1) is 15.5. The molecule has 0 saturated carbocycles. The van der Waals surface area contributed by atoms with Crippen LogP contribution in [0.25, 0.3) is 0 Å². The van der Waals surface area contributed by atoms with Crippen LogP contribution in [0.4, 0.5) is 5.69 Å². The van der Waals surface area contributed by atoms with Crippen molar-refractivity contribution < 1.29 is 14.3 Å². The van der Waals surface area contributed by atoms with E-state index in [1.807, 2.05) is 54.6 Å². The molecule has 2 aromatic carbocycles. The van der Waals surface area contributed by atoms with Gasteiger partial charge in [0.05, 0.1) is 19.9 Å². The van der Waals surface area contributed by atoms with E-state index >= 15 is 0 Å². The van der Waals surface area contributed by atoms with Gasteiger partial charge >= 0.3 is 5.97 Å². The molecule has 0 spiro atoms. The highest BCUT2D eigenvalue weighted by atomic mass is 16.5. The fraction of sp³-hybridized carbons (Fsp3) is 0.167. The summed E-state index contributed by atoms with van der Waals surface area (Å²) in [5.74, 6) is 5.51. The van der Waals surface area contributed by atoms with Crippen LogP contribution in [0.3, 0.4) is 0 Å². The number of rotatable bonds is 4. The standard InChI is InChI=1S/C18H17NO3/c1-21-17-11-7-6-10-16(17)19-15(12-13-18(20)22-2)14-8-4-3-5-9-14/h3-11,15,19H,1-2H3/t15-/m0/s1. The molecule has 2 rings (SSSR count). The van der Waals surface area contributed by atoms with E-state index in [9.17, 15) is 4.79 Å². The Hall–Kier alpha value is -2.93. The SMILES string of the molecule is COC(=O)C#C[C@H](Nc1ccccc1OC)c1ccccc1. The number of hydrogen-bond donors (Lipinski definition) is 1. The van der Waals surface area contributed by atoms with Crippen LogP contribution in [-0.2, 0) is 9.53 Å². The Morgan fingerprint density at radius 2 is 1.73 bits per heavy atom. The molecule has 0 bridgehead atoms. The number of hydrogen-bond acceptors (Lipinski definition) is 4. The molecule has 0 aliphatic rings. The predicted octanol–water partition coefficient (Wildman–Crippen LogP) is 3.02. The van der Waals surface area contributed by atoms with E-state index in [0.29, 0.717) is 5.75 Å². The average Bonchev–Trinajstić information content (AvgIpc) is 2.59. The molecule has 1 N–H and O–H groups in total. The quantitative estimate of drug-likeness (QED) is 0.535. The van der Waals surface area contributed by atoms with Crippen LogP contribution in [0.2, 0.25) is 0 Å². The van der Waals surface area contributed by atoms with Crippen molar-refractivity contribution in [2.45, 2.75) is 6.04 Å². The molecule has 0 aliphatic heterocycles. The van der Waals surface area contributed by atoms with Gasteiger partial charge in [0.25, 0.3) is 0 Å². The number of anilines is 1. The first-order valence-electron chi connectivity index (χ1n) is 6.78. The van der Waals surface area contributed by atoms with Crippen molar-refractivity contribution in [1.82, 2.24) is 0 Å². The fourth-order valence-corrected chi connectivity index (χ4v) is 1.95. The third-order valence-electron chi connectivity index (χ3n) is 3.04. The maximum Gasteiger partial charge on any atom is 0.384 e. The lowest BCUT2D eigenvalue weighted by atomic mass is 10.1. The zero-order chi connectivity index (χ0) is 15.8. The Morgan fingerprint density at radius 1 is 1.05 bits per heavy atom. The summed E-state index contributed by atoms with van der Waals surface area (Å²) in [7, 11) is 2.92. The number of nitrogens with one attached hydrogen (secondary N) is 1. The Bertz CT molecular complexity index is 686. The van der Waals surface area contributed by atoms with Crippen molar-refractivity contribution in [3.63, 3.8) is 0 Å². The van der Waals surface area contributed by atoms with E-state index in [1.165, 1.54) is 7.11 Å². The summed E-state index contributed by atoms with van der Waals surface area (Å²) in [5.41, 5.74) is 1.75. The van der Waals surface area contributed by atoms with Gasteiger partial charge in [-0.3, -0.25) is 0 Å². The topological polar surface area (TPSA) is 47.6 Å². The van der Waals surface area contributed by atoms with Crippen molar-refractivity contribution >= 4 is 11.7 Å². The van der Waals surface area contributed by atoms with E-state index in [4.69, 9.17) is 4.74 Å². The van der Waals surface area contributed by atoms with Gasteiger partial charge < -0.3 is 14.8 Å². The van der Waals surface area contributed by atoms with Crippen LogP contribution in [0.1, 0.15) is 11.6 Å². The van der Waals surface area contributed by atoms with Crippen molar-refractivity contribution in [1.29, 1.82) is 0 Å². The Kier molecular flexibility index (Phi) is 5.44. The minimum atomic E-state index is -0.567. The highest BCUT2D eigenvalue weighted by Gasteiger charge is 2.11.